The Labute approximate surface area is 124 Å². The van der Waals surface area contributed by atoms with Crippen molar-refractivity contribution in [1.82, 2.24) is 19.5 Å². The van der Waals surface area contributed by atoms with Crippen molar-refractivity contribution < 1.29 is 28.4 Å². The summed E-state index contributed by atoms with van der Waals surface area (Å²) in [6.45, 7) is -0.197. The first-order valence-electron chi connectivity index (χ1n) is 6.14. The molecule has 2 aromatic rings. The van der Waals surface area contributed by atoms with E-state index in [1.165, 1.54) is 10.9 Å². The quantitative estimate of drug-likeness (QED) is 0.493. The highest BCUT2D eigenvalue weighted by atomic mass is 31.1. The lowest BCUT2D eigenvalue weighted by Gasteiger charge is -2.16. The maximum atomic E-state index is 13.3. The molecule has 0 aromatic carbocycles. The molecule has 118 valence electrons. The third-order valence-electron chi connectivity index (χ3n) is 3.32. The van der Waals surface area contributed by atoms with Gasteiger partial charge in [-0.15, -0.1) is 0 Å². The monoisotopic (exact) mass is 331 g/mol. The molecule has 1 saturated heterocycles. The maximum Gasteiger partial charge on any atom is 0.327 e. The molecule has 0 saturated carbocycles. The van der Waals surface area contributed by atoms with Crippen LogP contribution in [0.5, 0.6) is 0 Å². The molecule has 12 heteroatoms. The van der Waals surface area contributed by atoms with E-state index in [9.17, 15) is 19.2 Å². The molecule has 0 aliphatic carbocycles. The van der Waals surface area contributed by atoms with Gasteiger partial charge in [0, 0.05) is 0 Å². The van der Waals surface area contributed by atoms with Crippen molar-refractivity contribution >= 4 is 25.7 Å². The van der Waals surface area contributed by atoms with Crippen LogP contribution in [0.2, 0.25) is 0 Å². The van der Waals surface area contributed by atoms with Crippen molar-refractivity contribution in [3.63, 3.8) is 0 Å². The number of halogens is 1. The molecule has 2 aromatic heterocycles. The number of anilines is 1. The number of nitrogens with zero attached hydrogens (tertiary/aromatic N) is 4. The fourth-order valence-corrected chi connectivity index (χ4v) is 2.51. The second-order valence-electron chi connectivity index (χ2n) is 4.62. The van der Waals surface area contributed by atoms with E-state index in [-0.39, 0.29) is 23.6 Å². The van der Waals surface area contributed by atoms with Gasteiger partial charge in [-0.3, -0.25) is 9.09 Å². The van der Waals surface area contributed by atoms with Crippen molar-refractivity contribution in [2.45, 2.75) is 24.5 Å². The molecule has 0 amide bonds. The minimum Gasteiger partial charge on any atom is -0.387 e. The number of hydrogen-bond acceptors (Lipinski definition) is 9. The minimum absolute atomic E-state index is 0.0183. The van der Waals surface area contributed by atoms with Crippen LogP contribution in [-0.2, 0) is 13.8 Å². The highest BCUT2D eigenvalue weighted by Crippen LogP contribution is 2.32. The molecule has 0 bridgehead atoms. The van der Waals surface area contributed by atoms with E-state index in [2.05, 4.69) is 19.5 Å². The predicted octanol–water partition coefficient (Wildman–Crippen LogP) is -0.610. The van der Waals surface area contributed by atoms with Crippen molar-refractivity contribution in [1.29, 1.82) is 0 Å². The molecular formula is C10H11FN5O5P. The van der Waals surface area contributed by atoms with Gasteiger partial charge in [-0.05, 0) is 0 Å². The van der Waals surface area contributed by atoms with E-state index in [0.717, 1.165) is 0 Å². The zero-order valence-corrected chi connectivity index (χ0v) is 11.8. The number of aliphatic hydroxyl groups is 2. The van der Waals surface area contributed by atoms with Crippen molar-refractivity contribution in [2.75, 3.05) is 12.3 Å². The van der Waals surface area contributed by atoms with Gasteiger partial charge in [0.2, 0.25) is 0 Å². The lowest BCUT2D eigenvalue weighted by Crippen LogP contribution is -2.33. The second-order valence-corrected chi connectivity index (χ2v) is 5.03. The highest BCUT2D eigenvalue weighted by molar-refractivity contribution is 7.17. The van der Waals surface area contributed by atoms with Gasteiger partial charge >= 0.3 is 14.8 Å². The third kappa shape index (κ3) is 2.42. The van der Waals surface area contributed by atoms with E-state index in [0.29, 0.717) is 0 Å². The van der Waals surface area contributed by atoms with Gasteiger partial charge in [-0.2, -0.15) is 14.4 Å². The van der Waals surface area contributed by atoms with Crippen molar-refractivity contribution in [3.05, 3.63) is 12.4 Å². The Kier molecular flexibility index (Phi) is 3.98. The predicted molar refractivity (Wildman–Crippen MR) is 69.2 cm³/mol. The Morgan fingerprint density at radius 2 is 2.23 bits per heavy atom. The second kappa shape index (κ2) is 5.78. The van der Waals surface area contributed by atoms with Crippen molar-refractivity contribution in [3.8, 4) is 0 Å². The minimum atomic E-state index is -1.34. The first-order chi connectivity index (χ1) is 10.5. The molecule has 3 heterocycles. The van der Waals surface area contributed by atoms with Gasteiger partial charge < -0.3 is 20.7 Å². The number of rotatable bonds is 4. The lowest BCUT2D eigenvalue weighted by atomic mass is 10.1. The van der Waals surface area contributed by atoms with Gasteiger partial charge in [0.05, 0.1) is 12.9 Å². The Morgan fingerprint density at radius 1 is 1.45 bits per heavy atom. The summed E-state index contributed by atoms with van der Waals surface area (Å²) in [5, 5.41) is 20.0. The number of ether oxygens (including phenoxy) is 1. The van der Waals surface area contributed by atoms with E-state index >= 15 is 0 Å². The summed E-state index contributed by atoms with van der Waals surface area (Å²) in [4.78, 5) is 10.9. The summed E-state index contributed by atoms with van der Waals surface area (Å²) in [7, 11) is -0.574. The van der Waals surface area contributed by atoms with Crippen LogP contribution in [0.25, 0.3) is 11.2 Å². The fraction of sp³-hybridized carbons (Fsp3) is 0.500. The smallest absolute Gasteiger partial charge is 0.327 e. The molecule has 1 aliphatic rings. The van der Waals surface area contributed by atoms with Crippen LogP contribution in [0, 0.1) is 6.08 Å². The van der Waals surface area contributed by atoms with Gasteiger partial charge in [0.1, 0.15) is 18.3 Å². The van der Waals surface area contributed by atoms with E-state index in [1.54, 1.807) is 0 Å². The maximum absolute atomic E-state index is 13.3. The van der Waals surface area contributed by atoms with Crippen LogP contribution in [0.4, 0.5) is 10.2 Å². The molecule has 10 nitrogen and oxygen atoms in total. The number of hydrogen-bond donors (Lipinski definition) is 3. The summed E-state index contributed by atoms with van der Waals surface area (Å²) >= 11 is 0. The van der Waals surface area contributed by atoms with Gasteiger partial charge in [-0.1, -0.05) is 0 Å². The SMILES string of the molecule is Nc1nc(F)nc2c1ncn2[C@@H]1O[C@H](COP=O)[C@@H](O)[C@@H]1O. The molecule has 0 radical (unpaired) electrons. The number of fused-ring (bicyclic) bond motifs is 1. The Hall–Kier alpha value is -1.78. The summed E-state index contributed by atoms with van der Waals surface area (Å²) in [6, 6.07) is 0. The lowest BCUT2D eigenvalue weighted by molar-refractivity contribution is -0.0462. The summed E-state index contributed by atoms with van der Waals surface area (Å²) in [6.07, 6.45) is -4.43. The number of nitrogens with two attached hydrogens (primary N) is 1. The molecule has 1 fully saturated rings. The summed E-state index contributed by atoms with van der Waals surface area (Å²) in [5.74, 6) is -0.153. The Morgan fingerprint density at radius 3 is 2.95 bits per heavy atom. The molecular weight excluding hydrogens is 320 g/mol. The van der Waals surface area contributed by atoms with Crippen LogP contribution >= 0.6 is 8.69 Å². The first kappa shape index (κ1) is 15.1. The molecule has 0 spiro atoms. The van der Waals surface area contributed by atoms with Crippen molar-refractivity contribution in [2.24, 2.45) is 0 Å². The van der Waals surface area contributed by atoms with Crippen LogP contribution < -0.4 is 5.73 Å². The Bertz CT molecular complexity index is 714. The molecule has 4 atom stereocenters. The van der Waals surface area contributed by atoms with Crippen LogP contribution in [-0.4, -0.2) is 54.7 Å². The average molecular weight is 331 g/mol. The molecule has 4 N–H and O–H groups in total. The highest BCUT2D eigenvalue weighted by Gasteiger charge is 2.44. The third-order valence-corrected chi connectivity index (χ3v) is 3.58. The largest absolute Gasteiger partial charge is 0.387 e. The van der Waals surface area contributed by atoms with Crippen LogP contribution in [0.1, 0.15) is 6.23 Å². The Balaban J connectivity index is 1.96. The fourth-order valence-electron chi connectivity index (χ4n) is 2.30. The van der Waals surface area contributed by atoms with Gasteiger partial charge in [0.15, 0.2) is 23.2 Å². The normalized spacial score (nSPS) is 28.7. The van der Waals surface area contributed by atoms with E-state index in [1.807, 2.05) is 0 Å². The van der Waals surface area contributed by atoms with Crippen LogP contribution in [0.3, 0.4) is 0 Å². The molecule has 22 heavy (non-hydrogen) atoms. The molecule has 1 aliphatic heterocycles. The van der Waals surface area contributed by atoms with Gasteiger partial charge in [0.25, 0.3) is 0 Å². The van der Waals surface area contributed by atoms with Gasteiger partial charge in [-0.25, -0.2) is 9.55 Å². The molecule has 3 rings (SSSR count). The number of aliphatic hydroxyl groups excluding tert-OH is 2. The van der Waals surface area contributed by atoms with E-state index in [4.69, 9.17) is 10.5 Å². The number of imidazole rings is 1. The summed E-state index contributed by atoms with van der Waals surface area (Å²) < 4.78 is 34.9. The zero-order chi connectivity index (χ0) is 15.9. The molecule has 0 unspecified atom stereocenters. The summed E-state index contributed by atoms with van der Waals surface area (Å²) in [5.41, 5.74) is 5.71. The standard InChI is InChI=1S/C10H11FN5O5P/c11-10-14-7(12)4-8(15-10)16(2-13-4)9-6(18)5(17)3(21-9)1-20-22-19/h2-3,5-6,9,17-18H,1H2,(H2,12,14,15)/t3-,5-,6+,9-/m1/s1. The first-order valence-corrected chi connectivity index (χ1v) is 6.87. The topological polar surface area (TPSA) is 146 Å². The number of aromatic nitrogens is 4. The number of nitrogen functional groups attached to an aromatic ring is 1. The van der Waals surface area contributed by atoms with Crippen LogP contribution in [0.15, 0.2) is 6.33 Å². The zero-order valence-electron chi connectivity index (χ0n) is 10.9. The van der Waals surface area contributed by atoms with E-state index < -0.39 is 39.3 Å². The average Bonchev–Trinajstić information content (AvgIpc) is 3.00.